The van der Waals surface area contributed by atoms with Gasteiger partial charge in [-0.05, 0) is 148 Å². The van der Waals surface area contributed by atoms with Gasteiger partial charge in [-0.2, -0.15) is 11.8 Å². The first-order chi connectivity index (χ1) is 21.7. The Bertz CT molecular complexity index is 1010. The topological polar surface area (TPSA) is 17.1 Å². The number of carbonyl (C=O) groups is 1. The van der Waals surface area contributed by atoms with Gasteiger partial charge in [0.2, 0.25) is 0 Å². The molecule has 0 aliphatic heterocycles. The zero-order chi connectivity index (χ0) is 32.5. The number of fused-ring (bicyclic) bond motifs is 5. The Morgan fingerprint density at radius 2 is 1.73 bits per heavy atom. The summed E-state index contributed by atoms with van der Waals surface area (Å²) < 4.78 is 0. The van der Waals surface area contributed by atoms with Crippen molar-refractivity contribution in [2.75, 3.05) is 11.5 Å². The average molecular weight is 637 g/mol. The van der Waals surface area contributed by atoms with E-state index >= 15 is 0 Å². The quantitative estimate of drug-likeness (QED) is 0.107. The molecule has 45 heavy (non-hydrogen) atoms. The summed E-state index contributed by atoms with van der Waals surface area (Å²) in [5.74, 6) is 15.8. The Morgan fingerprint density at radius 3 is 2.42 bits per heavy atom. The highest BCUT2D eigenvalue weighted by Crippen LogP contribution is 2.67. The normalized spacial score (nSPS) is 34.3. The summed E-state index contributed by atoms with van der Waals surface area (Å²) in [7, 11) is 0. The predicted octanol–water partition coefficient (Wildman–Crippen LogP) is 12.7. The Balaban J connectivity index is 0.000000248. The zero-order valence-electron chi connectivity index (χ0n) is 30.9. The number of rotatable bonds is 14. The molecule has 5 rings (SSSR count). The van der Waals surface area contributed by atoms with Crippen molar-refractivity contribution < 1.29 is 4.79 Å². The summed E-state index contributed by atoms with van der Waals surface area (Å²) >= 11 is 1.87. The number of ketones is 1. The molecule has 0 aromatic rings. The third-order valence-electron chi connectivity index (χ3n) is 13.5. The van der Waals surface area contributed by atoms with Gasteiger partial charge in [0.15, 0.2) is 0 Å². The second-order valence-electron chi connectivity index (χ2n) is 17.0. The molecule has 256 valence electrons. The van der Waals surface area contributed by atoms with Crippen LogP contribution >= 0.6 is 11.8 Å². The van der Waals surface area contributed by atoms with Crippen LogP contribution < -0.4 is 0 Å². The highest BCUT2D eigenvalue weighted by Gasteiger charge is 2.58. The van der Waals surface area contributed by atoms with Gasteiger partial charge in [0.25, 0.3) is 0 Å². The SMILES string of the molecule is CC(C)CCCCC1CCC2C3CC=C4CC(C5CC5)CCC4(C)C3CCC12C.CCCC#CC(CC)C(=O)CCSCCC. The average Bonchev–Trinajstić information content (AvgIpc) is 3.82. The molecule has 4 saturated carbocycles. The molecule has 4 fully saturated rings. The number of carbonyl (C=O) groups excluding carboxylic acids is 1. The van der Waals surface area contributed by atoms with Crippen LogP contribution in [0.3, 0.4) is 0 Å². The molecule has 2 heteroatoms. The lowest BCUT2D eigenvalue weighted by Gasteiger charge is -2.58. The monoisotopic (exact) mass is 637 g/mol. The summed E-state index contributed by atoms with van der Waals surface area (Å²) in [5.41, 5.74) is 3.17. The smallest absolute Gasteiger partial charge is 0.148 e. The molecule has 0 spiro atoms. The van der Waals surface area contributed by atoms with Crippen molar-refractivity contribution >= 4 is 17.5 Å². The van der Waals surface area contributed by atoms with E-state index in [1.165, 1.54) is 51.4 Å². The minimum Gasteiger partial charge on any atom is -0.298 e. The maximum absolute atomic E-state index is 11.8. The maximum atomic E-state index is 11.8. The first-order valence-electron chi connectivity index (χ1n) is 20.0. The molecule has 5 aliphatic carbocycles. The van der Waals surface area contributed by atoms with Gasteiger partial charge >= 0.3 is 0 Å². The summed E-state index contributed by atoms with van der Waals surface area (Å²) in [6.45, 7) is 16.5. The van der Waals surface area contributed by atoms with Crippen molar-refractivity contribution in [2.45, 2.75) is 170 Å². The molecule has 0 N–H and O–H groups in total. The van der Waals surface area contributed by atoms with E-state index in [-0.39, 0.29) is 5.92 Å². The van der Waals surface area contributed by atoms with Crippen molar-refractivity contribution in [1.29, 1.82) is 0 Å². The first kappa shape index (κ1) is 37.1. The van der Waals surface area contributed by atoms with Crippen molar-refractivity contribution in [3.05, 3.63) is 11.6 Å². The van der Waals surface area contributed by atoms with Crippen LogP contribution in [-0.2, 0) is 4.79 Å². The van der Waals surface area contributed by atoms with Crippen molar-refractivity contribution in [3.63, 3.8) is 0 Å². The van der Waals surface area contributed by atoms with Crippen molar-refractivity contribution in [3.8, 4) is 11.8 Å². The Labute approximate surface area is 285 Å². The number of thioether (sulfide) groups is 1. The Hall–Kier alpha value is -0.680. The number of unbranched alkanes of at least 4 members (excludes halogenated alkanes) is 2. The number of hydrogen-bond donors (Lipinski definition) is 0. The lowest BCUT2D eigenvalue weighted by Crippen LogP contribution is -2.50. The minimum atomic E-state index is -0.0197. The fourth-order valence-corrected chi connectivity index (χ4v) is 11.3. The van der Waals surface area contributed by atoms with Gasteiger partial charge in [-0.15, -0.1) is 5.92 Å². The highest BCUT2D eigenvalue weighted by atomic mass is 32.2. The van der Waals surface area contributed by atoms with Crippen molar-refractivity contribution in [2.24, 2.45) is 58.2 Å². The molecule has 0 amide bonds. The summed E-state index contributed by atoms with van der Waals surface area (Å²) in [5, 5.41) is 0. The van der Waals surface area contributed by atoms with E-state index in [0.29, 0.717) is 23.0 Å². The van der Waals surface area contributed by atoms with Gasteiger partial charge in [0.1, 0.15) is 5.78 Å². The van der Waals surface area contributed by atoms with Gasteiger partial charge in [0.05, 0.1) is 5.92 Å². The minimum absolute atomic E-state index is 0.0197. The Morgan fingerprint density at radius 1 is 0.933 bits per heavy atom. The Kier molecular flexibility index (Phi) is 14.6. The molecule has 0 saturated heterocycles. The zero-order valence-corrected chi connectivity index (χ0v) is 31.7. The van der Waals surface area contributed by atoms with E-state index in [4.69, 9.17) is 0 Å². The van der Waals surface area contributed by atoms with E-state index < -0.39 is 0 Å². The highest BCUT2D eigenvalue weighted by molar-refractivity contribution is 7.99. The number of hydrogen-bond acceptors (Lipinski definition) is 2. The first-order valence-corrected chi connectivity index (χ1v) is 21.1. The maximum Gasteiger partial charge on any atom is 0.148 e. The lowest BCUT2D eigenvalue weighted by molar-refractivity contribution is -0.120. The van der Waals surface area contributed by atoms with Gasteiger partial charge in [-0.1, -0.05) is 85.3 Å². The molecule has 0 aromatic heterocycles. The van der Waals surface area contributed by atoms with E-state index in [1.807, 2.05) is 24.3 Å². The van der Waals surface area contributed by atoms with Crippen LogP contribution in [0.5, 0.6) is 0 Å². The predicted molar refractivity (Wildman–Crippen MR) is 198 cm³/mol. The standard InChI is InChI=1S/C29H48.C14H24OS/c1-20(2)7-5-6-8-23-12-14-26-25-13-11-24-19-22(21-9-10-21)15-17-29(24,4)27(25)16-18-28(23,26)3;1-4-7-8-9-13(6-3)14(15)10-12-16-11-5-2/h11,20-23,25-27H,5-10,12-19H2,1-4H3;13H,4-7,10-12H2,1-3H3. The second kappa shape index (κ2) is 17.6. The van der Waals surface area contributed by atoms with Crippen LogP contribution in [0.25, 0.3) is 0 Å². The van der Waals surface area contributed by atoms with Crippen LogP contribution in [0.1, 0.15) is 170 Å². The molecular weight excluding hydrogens is 565 g/mol. The molecule has 0 heterocycles. The van der Waals surface area contributed by atoms with Gasteiger partial charge in [-0.3, -0.25) is 4.79 Å². The summed E-state index contributed by atoms with van der Waals surface area (Å²) in [6.07, 6.45) is 28.7. The van der Waals surface area contributed by atoms with E-state index in [0.717, 1.165) is 72.2 Å². The van der Waals surface area contributed by atoms with E-state index in [9.17, 15) is 4.79 Å². The van der Waals surface area contributed by atoms with Crippen LogP contribution in [0.15, 0.2) is 11.6 Å². The molecule has 0 bridgehead atoms. The summed E-state index contributed by atoms with van der Waals surface area (Å²) in [4.78, 5) is 11.8. The second-order valence-corrected chi connectivity index (χ2v) is 18.2. The molecule has 8 unspecified atom stereocenters. The van der Waals surface area contributed by atoms with Crippen LogP contribution in [0.4, 0.5) is 0 Å². The van der Waals surface area contributed by atoms with Gasteiger partial charge < -0.3 is 0 Å². The van der Waals surface area contributed by atoms with Gasteiger partial charge in [0, 0.05) is 18.6 Å². The summed E-state index contributed by atoms with van der Waals surface area (Å²) in [6, 6.07) is 0. The molecule has 0 radical (unpaired) electrons. The van der Waals surface area contributed by atoms with E-state index in [1.54, 1.807) is 44.9 Å². The molecular formula is C43H72OS. The van der Waals surface area contributed by atoms with Crippen LogP contribution in [-0.4, -0.2) is 17.3 Å². The fourth-order valence-electron chi connectivity index (χ4n) is 10.5. The van der Waals surface area contributed by atoms with Crippen LogP contribution in [0, 0.1) is 70.0 Å². The van der Waals surface area contributed by atoms with Gasteiger partial charge in [-0.25, -0.2) is 0 Å². The third kappa shape index (κ3) is 9.48. The fraction of sp³-hybridized carbons (Fsp3) is 0.884. The molecule has 8 atom stereocenters. The molecule has 0 aromatic carbocycles. The number of allylic oxidation sites excluding steroid dienone is 2. The lowest BCUT2D eigenvalue weighted by atomic mass is 9.46. The molecule has 5 aliphatic rings. The van der Waals surface area contributed by atoms with Crippen molar-refractivity contribution in [1.82, 2.24) is 0 Å². The van der Waals surface area contributed by atoms with Crippen LogP contribution in [0.2, 0.25) is 0 Å². The largest absolute Gasteiger partial charge is 0.298 e. The third-order valence-corrected chi connectivity index (χ3v) is 14.7. The molecule has 1 nitrogen and oxygen atoms in total. The van der Waals surface area contributed by atoms with E-state index in [2.05, 4.69) is 59.5 Å². The number of Topliss-reactive ketones (excluding diaryl/α,β-unsaturated/α-hetero) is 1.